The van der Waals surface area contributed by atoms with Crippen LogP contribution in [0.4, 0.5) is 0 Å². The van der Waals surface area contributed by atoms with E-state index in [9.17, 15) is 24.3 Å². The molecule has 1 aromatic heterocycles. The standard InChI is InChI=1S/C23H32N6O5S2/c1-36-8-7-16(24)20(30)27-17(9-14-5-3-2-4-6-14)21(31)28-18(10-15-11-25-13-26-15)22(32)29-19(12-35)23(33)34/h2-6,11,13,16-19,35H,7-10,12,24H2,1H3,(H,25,26)(H,27,30)(H,28,31)(H,29,32)(H,33,34). The fourth-order valence-corrected chi connectivity index (χ4v) is 4.01. The third-order valence-electron chi connectivity index (χ3n) is 5.29. The van der Waals surface area contributed by atoms with Gasteiger partial charge in [0.25, 0.3) is 0 Å². The summed E-state index contributed by atoms with van der Waals surface area (Å²) < 4.78 is 0. The molecule has 0 aliphatic carbocycles. The lowest BCUT2D eigenvalue weighted by Gasteiger charge is -2.25. The molecule has 0 saturated carbocycles. The monoisotopic (exact) mass is 536 g/mol. The summed E-state index contributed by atoms with van der Waals surface area (Å²) in [5.41, 5.74) is 7.34. The summed E-state index contributed by atoms with van der Waals surface area (Å²) in [4.78, 5) is 57.1. The molecule has 0 radical (unpaired) electrons. The van der Waals surface area contributed by atoms with Crippen molar-refractivity contribution in [3.63, 3.8) is 0 Å². The van der Waals surface area contributed by atoms with Crippen molar-refractivity contribution in [2.75, 3.05) is 17.8 Å². The number of H-pyrrole nitrogens is 1. The number of carboxylic acids is 1. The third-order valence-corrected chi connectivity index (χ3v) is 6.30. The third kappa shape index (κ3) is 9.55. The van der Waals surface area contributed by atoms with Crippen molar-refractivity contribution in [3.05, 3.63) is 54.1 Å². The number of nitrogens with zero attached hydrogens (tertiary/aromatic N) is 1. The van der Waals surface area contributed by atoms with E-state index in [1.54, 1.807) is 11.8 Å². The highest BCUT2D eigenvalue weighted by Crippen LogP contribution is 2.07. The highest BCUT2D eigenvalue weighted by Gasteiger charge is 2.30. The maximum Gasteiger partial charge on any atom is 0.327 e. The number of amides is 3. The van der Waals surface area contributed by atoms with Crippen LogP contribution in [0.25, 0.3) is 0 Å². The molecule has 0 aliphatic rings. The average molecular weight is 537 g/mol. The molecule has 0 fully saturated rings. The van der Waals surface area contributed by atoms with Gasteiger partial charge < -0.3 is 31.8 Å². The average Bonchev–Trinajstić information content (AvgIpc) is 3.38. The molecule has 4 atom stereocenters. The summed E-state index contributed by atoms with van der Waals surface area (Å²) in [6.07, 6.45) is 5.46. The maximum atomic E-state index is 13.3. The van der Waals surface area contributed by atoms with Crippen molar-refractivity contribution in [2.24, 2.45) is 5.73 Å². The Morgan fingerprint density at radius 1 is 1.03 bits per heavy atom. The van der Waals surface area contributed by atoms with Gasteiger partial charge >= 0.3 is 5.97 Å². The summed E-state index contributed by atoms with van der Waals surface area (Å²) in [7, 11) is 0. The SMILES string of the molecule is CSCCC(N)C(=O)NC(Cc1ccccc1)C(=O)NC(Cc1cnc[nH]1)C(=O)NC(CS)C(=O)O. The molecule has 7 N–H and O–H groups in total. The lowest BCUT2D eigenvalue weighted by atomic mass is 10.0. The van der Waals surface area contributed by atoms with Gasteiger partial charge in [0, 0.05) is 30.5 Å². The van der Waals surface area contributed by atoms with Crippen molar-refractivity contribution >= 4 is 48.1 Å². The molecule has 2 aromatic rings. The van der Waals surface area contributed by atoms with Crippen LogP contribution in [0.5, 0.6) is 0 Å². The fourth-order valence-electron chi connectivity index (χ4n) is 3.27. The lowest BCUT2D eigenvalue weighted by Crippen LogP contribution is -2.58. The highest BCUT2D eigenvalue weighted by molar-refractivity contribution is 7.98. The number of carboxylic acid groups (broad SMARTS) is 1. The number of aromatic nitrogens is 2. The quantitative estimate of drug-likeness (QED) is 0.152. The molecular formula is C23H32N6O5S2. The number of carbonyl (C=O) groups is 4. The zero-order valence-corrected chi connectivity index (χ0v) is 21.6. The van der Waals surface area contributed by atoms with Gasteiger partial charge in [-0.15, -0.1) is 0 Å². The van der Waals surface area contributed by atoms with Gasteiger partial charge in [-0.05, 0) is 24.0 Å². The normalized spacial score (nSPS) is 14.2. The fraction of sp³-hybridized carbons (Fsp3) is 0.435. The number of nitrogens with one attached hydrogen (secondary N) is 4. The molecule has 0 saturated heterocycles. The second kappa shape index (κ2) is 15.2. The van der Waals surface area contributed by atoms with E-state index in [4.69, 9.17) is 5.73 Å². The van der Waals surface area contributed by atoms with Gasteiger partial charge in [0.2, 0.25) is 17.7 Å². The zero-order chi connectivity index (χ0) is 26.5. The maximum absolute atomic E-state index is 13.3. The van der Waals surface area contributed by atoms with Gasteiger partial charge in [0.05, 0.1) is 12.4 Å². The summed E-state index contributed by atoms with van der Waals surface area (Å²) in [5.74, 6) is -2.49. The van der Waals surface area contributed by atoms with E-state index < -0.39 is 47.9 Å². The number of carbonyl (C=O) groups excluding carboxylic acids is 3. The van der Waals surface area contributed by atoms with Crippen LogP contribution in [0, 0.1) is 0 Å². The summed E-state index contributed by atoms with van der Waals surface area (Å²) >= 11 is 5.52. The highest BCUT2D eigenvalue weighted by atomic mass is 32.2. The molecule has 3 amide bonds. The van der Waals surface area contributed by atoms with Crippen LogP contribution >= 0.6 is 24.4 Å². The van der Waals surface area contributed by atoms with Crippen molar-refractivity contribution in [1.29, 1.82) is 0 Å². The number of aromatic amines is 1. The first-order chi connectivity index (χ1) is 17.2. The van der Waals surface area contributed by atoms with E-state index in [1.807, 2.05) is 36.6 Å². The Morgan fingerprint density at radius 2 is 1.64 bits per heavy atom. The Balaban J connectivity index is 2.23. The number of rotatable bonds is 15. The first-order valence-electron chi connectivity index (χ1n) is 11.3. The largest absolute Gasteiger partial charge is 0.480 e. The minimum Gasteiger partial charge on any atom is -0.480 e. The topological polar surface area (TPSA) is 179 Å². The summed E-state index contributed by atoms with van der Waals surface area (Å²) in [5, 5.41) is 17.0. The molecule has 36 heavy (non-hydrogen) atoms. The smallest absolute Gasteiger partial charge is 0.327 e. The molecular weight excluding hydrogens is 504 g/mol. The Hall–Kier alpha value is -3.03. The Bertz CT molecular complexity index is 992. The molecule has 0 spiro atoms. The molecule has 1 aromatic carbocycles. The molecule has 196 valence electrons. The molecule has 0 aliphatic heterocycles. The van der Waals surface area contributed by atoms with Crippen LogP contribution in [0.15, 0.2) is 42.9 Å². The van der Waals surface area contributed by atoms with E-state index in [0.29, 0.717) is 17.9 Å². The van der Waals surface area contributed by atoms with E-state index in [1.165, 1.54) is 12.5 Å². The van der Waals surface area contributed by atoms with Gasteiger partial charge in [-0.3, -0.25) is 14.4 Å². The molecule has 13 heteroatoms. The molecule has 2 rings (SSSR count). The Morgan fingerprint density at radius 3 is 2.19 bits per heavy atom. The molecule has 0 bridgehead atoms. The van der Waals surface area contributed by atoms with E-state index >= 15 is 0 Å². The number of imidazole rings is 1. The van der Waals surface area contributed by atoms with E-state index in [2.05, 4.69) is 38.5 Å². The first-order valence-corrected chi connectivity index (χ1v) is 13.3. The number of aliphatic carboxylic acids is 1. The second-order valence-corrected chi connectivity index (χ2v) is 9.41. The van der Waals surface area contributed by atoms with Crippen molar-refractivity contribution < 1.29 is 24.3 Å². The Kier molecular flexibility index (Phi) is 12.3. The number of hydrogen-bond donors (Lipinski definition) is 7. The molecule has 4 unspecified atom stereocenters. The van der Waals surface area contributed by atoms with Gasteiger partial charge in [-0.2, -0.15) is 24.4 Å². The van der Waals surface area contributed by atoms with Crippen LogP contribution in [0.3, 0.4) is 0 Å². The predicted molar refractivity (Wildman–Crippen MR) is 141 cm³/mol. The minimum absolute atomic E-state index is 0.0235. The lowest BCUT2D eigenvalue weighted by molar-refractivity contribution is -0.141. The van der Waals surface area contributed by atoms with E-state index in [-0.39, 0.29) is 18.6 Å². The van der Waals surface area contributed by atoms with Gasteiger partial charge in [-0.1, -0.05) is 30.3 Å². The van der Waals surface area contributed by atoms with Crippen LogP contribution < -0.4 is 21.7 Å². The molecule has 11 nitrogen and oxygen atoms in total. The van der Waals surface area contributed by atoms with Crippen LogP contribution in [0.1, 0.15) is 17.7 Å². The Labute approximate surface area is 219 Å². The summed E-state index contributed by atoms with van der Waals surface area (Å²) in [6.45, 7) is 0. The van der Waals surface area contributed by atoms with Crippen molar-refractivity contribution in [2.45, 2.75) is 43.4 Å². The number of thiol groups is 1. The van der Waals surface area contributed by atoms with Gasteiger partial charge in [0.15, 0.2) is 0 Å². The van der Waals surface area contributed by atoms with Crippen molar-refractivity contribution in [3.8, 4) is 0 Å². The first kappa shape index (κ1) is 29.2. The van der Waals surface area contributed by atoms with Crippen LogP contribution in [0.2, 0.25) is 0 Å². The molecule has 1 heterocycles. The van der Waals surface area contributed by atoms with Crippen LogP contribution in [-0.4, -0.2) is 80.7 Å². The summed E-state index contributed by atoms with van der Waals surface area (Å²) in [6, 6.07) is 4.91. The van der Waals surface area contributed by atoms with Gasteiger partial charge in [0.1, 0.15) is 18.1 Å². The minimum atomic E-state index is -1.25. The second-order valence-electron chi connectivity index (χ2n) is 8.06. The number of hydrogen-bond acceptors (Lipinski definition) is 8. The van der Waals surface area contributed by atoms with Gasteiger partial charge in [-0.25, -0.2) is 9.78 Å². The number of nitrogens with two attached hydrogens (primary N) is 1. The van der Waals surface area contributed by atoms with Crippen LogP contribution in [-0.2, 0) is 32.0 Å². The van der Waals surface area contributed by atoms with E-state index in [0.717, 1.165) is 5.56 Å². The zero-order valence-electron chi connectivity index (χ0n) is 19.8. The van der Waals surface area contributed by atoms with Crippen molar-refractivity contribution in [1.82, 2.24) is 25.9 Å². The number of thioether (sulfide) groups is 1. The predicted octanol–water partition coefficient (Wildman–Crippen LogP) is -0.256. The number of benzene rings is 1.